The number of ether oxygens (including phenoxy) is 5. The van der Waals surface area contributed by atoms with Gasteiger partial charge in [-0.3, -0.25) is 14.3 Å². The van der Waals surface area contributed by atoms with Gasteiger partial charge in [0, 0.05) is 19.1 Å². The minimum absolute atomic E-state index is 0.0667. The summed E-state index contributed by atoms with van der Waals surface area (Å²) in [6.07, 6.45) is -2.12. The number of hydrogen-bond donors (Lipinski definition) is 1. The number of epoxide rings is 1. The predicted octanol–water partition coefficient (Wildman–Crippen LogP) is 1.76. The molecule has 2 spiro atoms. The summed E-state index contributed by atoms with van der Waals surface area (Å²) in [5.41, 5.74) is 1.32. The number of aromatic hydroxyl groups is 1. The van der Waals surface area contributed by atoms with Crippen LogP contribution in [0.25, 0.3) is 0 Å². The van der Waals surface area contributed by atoms with Crippen molar-refractivity contribution in [3.8, 4) is 17.2 Å². The van der Waals surface area contributed by atoms with Crippen molar-refractivity contribution in [2.75, 3.05) is 7.11 Å². The highest BCUT2D eigenvalue weighted by Crippen LogP contribution is 2.65. The third-order valence-corrected chi connectivity index (χ3v) is 6.45. The van der Waals surface area contributed by atoms with Crippen molar-refractivity contribution in [1.29, 1.82) is 0 Å². The molecule has 5 aliphatic rings. The van der Waals surface area contributed by atoms with Crippen LogP contribution in [0.3, 0.4) is 0 Å². The van der Waals surface area contributed by atoms with Crippen LogP contribution < -0.4 is 9.47 Å². The minimum Gasteiger partial charge on any atom is -0.507 e. The van der Waals surface area contributed by atoms with E-state index in [-0.39, 0.29) is 29.3 Å². The van der Waals surface area contributed by atoms with Crippen molar-refractivity contribution in [3.05, 3.63) is 52.6 Å². The zero-order valence-electron chi connectivity index (χ0n) is 15.1. The molecule has 0 aromatic heterocycles. The van der Waals surface area contributed by atoms with Gasteiger partial charge in [-0.25, -0.2) is 0 Å². The fraction of sp³-hybridized carbons (Fsp3) is 0.333. The lowest BCUT2D eigenvalue weighted by atomic mass is 9.77. The summed E-state index contributed by atoms with van der Waals surface area (Å²) in [6, 6.07) is 8.15. The Labute approximate surface area is 163 Å². The van der Waals surface area contributed by atoms with Crippen LogP contribution in [0.15, 0.2) is 30.3 Å². The average molecular weight is 394 g/mol. The number of benzene rings is 2. The number of Topliss-reactive ketones (excluding diaryl/α,β-unsaturated/α-hetero) is 2. The molecule has 0 amide bonds. The number of carbonyl (C=O) groups excluding carboxylic acids is 2. The Balaban J connectivity index is 1.60. The number of hydrogen-bond acceptors (Lipinski definition) is 8. The lowest BCUT2D eigenvalue weighted by molar-refractivity contribution is -0.390. The van der Waals surface area contributed by atoms with Crippen molar-refractivity contribution < 1.29 is 38.4 Å². The molecular weight excluding hydrogens is 380 g/mol. The van der Waals surface area contributed by atoms with E-state index < -0.39 is 29.9 Å². The molecule has 8 heteroatoms. The van der Waals surface area contributed by atoms with Crippen molar-refractivity contribution >= 4 is 11.6 Å². The van der Waals surface area contributed by atoms with E-state index in [1.807, 2.05) is 0 Å². The van der Waals surface area contributed by atoms with Gasteiger partial charge in [0.15, 0.2) is 23.8 Å². The Hall–Kier alpha value is -2.94. The quantitative estimate of drug-likeness (QED) is 0.730. The lowest BCUT2D eigenvalue weighted by Crippen LogP contribution is -2.65. The molecule has 146 valence electrons. The fourth-order valence-electron chi connectivity index (χ4n) is 5.20. The third-order valence-electron chi connectivity index (χ3n) is 6.45. The second-order valence-corrected chi connectivity index (χ2v) is 7.85. The smallest absolute Gasteiger partial charge is 0.274 e. The molecule has 8 nitrogen and oxygen atoms in total. The average Bonchev–Trinajstić information content (AvgIpc) is 3.52. The van der Waals surface area contributed by atoms with Gasteiger partial charge in [0.1, 0.15) is 23.4 Å². The molecule has 1 saturated heterocycles. The van der Waals surface area contributed by atoms with Crippen molar-refractivity contribution in [2.45, 2.75) is 36.3 Å². The second-order valence-electron chi connectivity index (χ2n) is 7.85. The highest BCUT2D eigenvalue weighted by molar-refractivity contribution is 6.07. The normalized spacial score (nSPS) is 36.9. The van der Waals surface area contributed by atoms with E-state index >= 15 is 0 Å². The Morgan fingerprint density at radius 3 is 2.69 bits per heavy atom. The molecule has 1 fully saturated rings. The monoisotopic (exact) mass is 394 g/mol. The summed E-state index contributed by atoms with van der Waals surface area (Å²) < 4.78 is 30.5. The number of phenols is 1. The molecule has 2 aliphatic carbocycles. The number of fused-ring (bicyclic) bond motifs is 1. The Morgan fingerprint density at radius 1 is 1.07 bits per heavy atom. The van der Waals surface area contributed by atoms with E-state index in [0.717, 1.165) is 0 Å². The first-order valence-corrected chi connectivity index (χ1v) is 9.34. The Morgan fingerprint density at radius 2 is 1.86 bits per heavy atom. The zero-order chi connectivity index (χ0) is 19.7. The molecule has 0 saturated carbocycles. The first-order valence-electron chi connectivity index (χ1n) is 9.34. The van der Waals surface area contributed by atoms with Gasteiger partial charge in [-0.1, -0.05) is 12.1 Å². The van der Waals surface area contributed by atoms with Gasteiger partial charge in [-0.05, 0) is 18.2 Å². The van der Waals surface area contributed by atoms with Crippen LogP contribution in [-0.2, 0) is 25.8 Å². The summed E-state index contributed by atoms with van der Waals surface area (Å²) in [6.45, 7) is 0. The standard InChI is InChI=1S/C21H14O8/c1-25-13-7-10(23)8-3-2-4-11-15(8)20(13)27-12-6-5-9(22)14-16(12)21(28-11,29-20)19-18(26-19)17(14)24/h2-6,13,18-19,22H,7H2,1H3. The molecular formula is C21H14O8. The van der Waals surface area contributed by atoms with E-state index in [9.17, 15) is 14.7 Å². The second kappa shape index (κ2) is 4.62. The summed E-state index contributed by atoms with van der Waals surface area (Å²) in [5.74, 6) is -2.79. The van der Waals surface area contributed by atoms with Crippen LogP contribution in [0.1, 0.15) is 38.3 Å². The fourth-order valence-corrected chi connectivity index (χ4v) is 5.20. The lowest BCUT2D eigenvalue weighted by Gasteiger charge is -2.56. The summed E-state index contributed by atoms with van der Waals surface area (Å²) >= 11 is 0. The van der Waals surface area contributed by atoms with Gasteiger partial charge < -0.3 is 24.1 Å². The van der Waals surface area contributed by atoms with Gasteiger partial charge in [-0.2, -0.15) is 0 Å². The van der Waals surface area contributed by atoms with Gasteiger partial charge in [-0.15, -0.1) is 0 Å². The molecule has 29 heavy (non-hydrogen) atoms. The maximum atomic E-state index is 12.8. The van der Waals surface area contributed by atoms with E-state index in [2.05, 4.69) is 0 Å². The zero-order valence-corrected chi connectivity index (χ0v) is 15.1. The van der Waals surface area contributed by atoms with Crippen LogP contribution in [0.5, 0.6) is 17.2 Å². The first-order chi connectivity index (χ1) is 14.0. The molecule has 3 aliphatic heterocycles. The Bertz CT molecular complexity index is 1170. The van der Waals surface area contributed by atoms with Crippen molar-refractivity contribution in [1.82, 2.24) is 0 Å². The van der Waals surface area contributed by atoms with Gasteiger partial charge >= 0.3 is 0 Å². The molecule has 5 atom stereocenters. The molecule has 7 rings (SSSR count). The largest absolute Gasteiger partial charge is 0.507 e. The van der Waals surface area contributed by atoms with Crippen molar-refractivity contribution in [3.63, 3.8) is 0 Å². The maximum absolute atomic E-state index is 12.8. The number of carbonyl (C=O) groups is 2. The molecule has 1 N–H and O–H groups in total. The van der Waals surface area contributed by atoms with Gasteiger partial charge in [0.25, 0.3) is 11.6 Å². The van der Waals surface area contributed by atoms with E-state index in [4.69, 9.17) is 23.7 Å². The highest BCUT2D eigenvalue weighted by Gasteiger charge is 2.76. The third kappa shape index (κ3) is 1.57. The summed E-state index contributed by atoms with van der Waals surface area (Å²) in [5, 5.41) is 10.4. The highest BCUT2D eigenvalue weighted by atomic mass is 16.8. The number of methoxy groups -OCH3 is 1. The van der Waals surface area contributed by atoms with Crippen LogP contribution >= 0.6 is 0 Å². The molecule has 0 radical (unpaired) electrons. The minimum atomic E-state index is -1.48. The molecule has 2 aromatic rings. The SMILES string of the molecule is COC1CC(=O)c2cccc3c2C12Oc1ccc(O)c4c1C(O3)(O2)C1OC1C4=O. The predicted molar refractivity (Wildman–Crippen MR) is 93.0 cm³/mol. The summed E-state index contributed by atoms with van der Waals surface area (Å²) in [4.78, 5) is 25.5. The van der Waals surface area contributed by atoms with E-state index in [0.29, 0.717) is 28.2 Å². The molecule has 2 bridgehead atoms. The number of phenolic OH excluding ortho intramolecular Hbond substituents is 1. The maximum Gasteiger partial charge on any atom is 0.274 e. The van der Waals surface area contributed by atoms with E-state index in [1.54, 1.807) is 24.3 Å². The topological polar surface area (TPSA) is 104 Å². The summed E-state index contributed by atoms with van der Waals surface area (Å²) in [7, 11) is 1.49. The van der Waals surface area contributed by atoms with Crippen LogP contribution in [0.2, 0.25) is 0 Å². The van der Waals surface area contributed by atoms with Crippen LogP contribution in [-0.4, -0.2) is 42.1 Å². The van der Waals surface area contributed by atoms with Gasteiger partial charge in [0.2, 0.25) is 0 Å². The molecule has 2 aromatic carbocycles. The number of rotatable bonds is 1. The number of ketones is 2. The Kier molecular flexibility index (Phi) is 2.53. The van der Waals surface area contributed by atoms with Crippen molar-refractivity contribution in [2.24, 2.45) is 0 Å². The van der Waals surface area contributed by atoms with Crippen LogP contribution in [0, 0.1) is 0 Å². The first kappa shape index (κ1) is 15.9. The molecule has 3 heterocycles. The van der Waals surface area contributed by atoms with Gasteiger partial charge in [0.05, 0.1) is 16.7 Å². The molecule has 5 unspecified atom stereocenters. The van der Waals surface area contributed by atoms with E-state index in [1.165, 1.54) is 13.2 Å². The van der Waals surface area contributed by atoms with Crippen LogP contribution in [0.4, 0.5) is 0 Å².